The highest BCUT2D eigenvalue weighted by atomic mass is 32.2. The van der Waals surface area contributed by atoms with Gasteiger partial charge in [-0.1, -0.05) is 11.8 Å². The first-order valence-corrected chi connectivity index (χ1v) is 13.4. The van der Waals surface area contributed by atoms with Crippen LogP contribution in [-0.4, -0.2) is 63.4 Å². The van der Waals surface area contributed by atoms with Crippen LogP contribution in [0.15, 0.2) is 54.1 Å². The van der Waals surface area contributed by atoms with Gasteiger partial charge in [0.15, 0.2) is 5.16 Å². The number of fused-ring (bicyclic) bond motifs is 1. The SMILES string of the molecule is COc1ccc2nccc([C@@H](F)CC[C@@H]3CCN(CCCSc4ncccn4)C[C@@H]3CC(=O)O)c2c1. The summed E-state index contributed by atoms with van der Waals surface area (Å²) in [6.45, 7) is 2.58. The molecule has 3 heterocycles. The molecule has 9 heteroatoms. The van der Waals surface area contributed by atoms with Gasteiger partial charge in [-0.25, -0.2) is 14.4 Å². The summed E-state index contributed by atoms with van der Waals surface area (Å²) in [6.07, 6.45) is 7.03. The molecule has 1 aromatic carbocycles. The van der Waals surface area contributed by atoms with Gasteiger partial charge >= 0.3 is 5.97 Å². The summed E-state index contributed by atoms with van der Waals surface area (Å²) in [4.78, 5) is 26.7. The first-order valence-electron chi connectivity index (χ1n) is 12.4. The fourth-order valence-corrected chi connectivity index (χ4v) is 5.80. The van der Waals surface area contributed by atoms with E-state index in [1.165, 1.54) is 0 Å². The van der Waals surface area contributed by atoms with Crippen molar-refractivity contribution < 1.29 is 19.0 Å². The number of pyridine rings is 1. The zero-order valence-corrected chi connectivity index (χ0v) is 21.4. The number of carboxylic acid groups (broad SMARTS) is 1. The molecule has 2 aromatic heterocycles. The van der Waals surface area contributed by atoms with Gasteiger partial charge in [0.2, 0.25) is 0 Å². The number of piperidine rings is 1. The molecule has 7 nitrogen and oxygen atoms in total. The molecule has 3 aromatic rings. The highest BCUT2D eigenvalue weighted by molar-refractivity contribution is 7.99. The van der Waals surface area contributed by atoms with Crippen molar-refractivity contribution in [3.63, 3.8) is 0 Å². The number of carbonyl (C=O) groups is 1. The largest absolute Gasteiger partial charge is 0.497 e. The Morgan fingerprint density at radius 2 is 2.06 bits per heavy atom. The minimum atomic E-state index is -1.14. The molecule has 0 aliphatic carbocycles. The number of hydrogen-bond donors (Lipinski definition) is 1. The van der Waals surface area contributed by atoms with Crippen LogP contribution < -0.4 is 4.74 Å². The van der Waals surface area contributed by atoms with Gasteiger partial charge < -0.3 is 14.7 Å². The summed E-state index contributed by atoms with van der Waals surface area (Å²) in [5.74, 6) is 1.04. The molecule has 4 rings (SSSR count). The molecule has 1 saturated heterocycles. The number of benzene rings is 1. The van der Waals surface area contributed by atoms with E-state index in [1.54, 1.807) is 49.6 Å². The van der Waals surface area contributed by atoms with Crippen LogP contribution in [0.5, 0.6) is 5.75 Å². The van der Waals surface area contributed by atoms with Gasteiger partial charge in [-0.05, 0) is 86.5 Å². The maximum absolute atomic E-state index is 15.5. The van der Waals surface area contributed by atoms with Crippen molar-refractivity contribution >= 4 is 28.6 Å². The van der Waals surface area contributed by atoms with Crippen LogP contribution in [0.4, 0.5) is 4.39 Å². The van der Waals surface area contributed by atoms with Crippen molar-refractivity contribution in [2.45, 2.75) is 43.4 Å². The highest BCUT2D eigenvalue weighted by Gasteiger charge is 2.31. The smallest absolute Gasteiger partial charge is 0.303 e. The van der Waals surface area contributed by atoms with E-state index < -0.39 is 12.1 Å². The number of likely N-dealkylation sites (tertiary alicyclic amines) is 1. The van der Waals surface area contributed by atoms with Crippen LogP contribution in [0.1, 0.15) is 43.8 Å². The molecule has 0 radical (unpaired) electrons. The van der Waals surface area contributed by atoms with Crippen molar-refractivity contribution in [3.8, 4) is 5.75 Å². The van der Waals surface area contributed by atoms with Crippen LogP contribution in [0, 0.1) is 11.8 Å². The molecule has 0 bridgehead atoms. The standard InChI is InChI=1S/C27H33FN4O3S/c1-35-21-5-7-25-23(17-21)22(8-12-29-25)24(28)6-4-19-9-14-32(18-20(19)16-26(33)34)13-3-15-36-27-30-10-2-11-31-27/h2,5,7-8,10-12,17,19-20,24H,3-4,6,9,13-16,18H2,1H3,(H,33,34)/t19-,20+,24+/m1/s1. The molecule has 0 unspecified atom stereocenters. The van der Waals surface area contributed by atoms with Gasteiger partial charge in [0.05, 0.1) is 12.6 Å². The summed E-state index contributed by atoms with van der Waals surface area (Å²) in [5, 5.41) is 11.0. The molecule has 0 saturated carbocycles. The predicted octanol–water partition coefficient (Wildman–Crippen LogP) is 5.42. The van der Waals surface area contributed by atoms with Crippen LogP contribution in [0.2, 0.25) is 0 Å². The fraction of sp³-hybridized carbons (Fsp3) is 0.481. The lowest BCUT2D eigenvalue weighted by Crippen LogP contribution is -2.42. The van der Waals surface area contributed by atoms with E-state index in [-0.39, 0.29) is 18.3 Å². The van der Waals surface area contributed by atoms with Crippen LogP contribution in [0.3, 0.4) is 0 Å². The number of thioether (sulfide) groups is 1. The summed E-state index contributed by atoms with van der Waals surface area (Å²) in [5.41, 5.74) is 1.36. The molecule has 0 amide bonds. The van der Waals surface area contributed by atoms with Crippen LogP contribution in [-0.2, 0) is 4.79 Å². The average Bonchev–Trinajstić information content (AvgIpc) is 2.90. The molecule has 1 fully saturated rings. The Bertz CT molecular complexity index is 1140. The first-order chi connectivity index (χ1) is 17.5. The van der Waals surface area contributed by atoms with Crippen molar-refractivity contribution in [3.05, 3.63) is 54.5 Å². The molecular formula is C27H33FN4O3S. The normalized spacial score (nSPS) is 19.3. The predicted molar refractivity (Wildman–Crippen MR) is 139 cm³/mol. The number of carboxylic acids is 1. The maximum atomic E-state index is 15.5. The van der Waals surface area contributed by atoms with E-state index in [4.69, 9.17) is 4.74 Å². The average molecular weight is 513 g/mol. The number of rotatable bonds is 12. The quantitative estimate of drug-likeness (QED) is 0.196. The van der Waals surface area contributed by atoms with Crippen LogP contribution in [0.25, 0.3) is 10.9 Å². The second-order valence-electron chi connectivity index (χ2n) is 9.27. The van der Waals surface area contributed by atoms with Gasteiger partial charge in [-0.3, -0.25) is 9.78 Å². The van der Waals surface area contributed by atoms with E-state index in [0.29, 0.717) is 24.2 Å². The van der Waals surface area contributed by atoms with Crippen LogP contribution >= 0.6 is 11.8 Å². The van der Waals surface area contributed by atoms with Gasteiger partial charge in [0.25, 0.3) is 0 Å². The number of aliphatic carboxylic acids is 1. The minimum Gasteiger partial charge on any atom is -0.497 e. The van der Waals surface area contributed by atoms with Gasteiger partial charge in [0, 0.05) is 42.7 Å². The second-order valence-corrected chi connectivity index (χ2v) is 10.3. The lowest BCUT2D eigenvalue weighted by Gasteiger charge is -2.38. The van der Waals surface area contributed by atoms with E-state index >= 15 is 4.39 Å². The lowest BCUT2D eigenvalue weighted by molar-refractivity contribution is -0.139. The Morgan fingerprint density at radius 1 is 1.22 bits per heavy atom. The molecule has 0 spiro atoms. The lowest BCUT2D eigenvalue weighted by atomic mass is 9.79. The van der Waals surface area contributed by atoms with Gasteiger partial charge in [-0.15, -0.1) is 0 Å². The topological polar surface area (TPSA) is 88.4 Å². The highest BCUT2D eigenvalue weighted by Crippen LogP contribution is 2.36. The fourth-order valence-electron chi connectivity index (χ4n) is 5.07. The number of aromatic nitrogens is 3. The Kier molecular flexibility index (Phi) is 9.47. The molecule has 3 atom stereocenters. The molecule has 192 valence electrons. The zero-order chi connectivity index (χ0) is 25.3. The maximum Gasteiger partial charge on any atom is 0.303 e. The third-order valence-corrected chi connectivity index (χ3v) is 7.88. The number of hydrogen-bond acceptors (Lipinski definition) is 7. The third kappa shape index (κ3) is 7.13. The van der Waals surface area contributed by atoms with Crippen molar-refractivity contribution in [1.29, 1.82) is 0 Å². The Morgan fingerprint density at radius 3 is 2.83 bits per heavy atom. The number of nitrogens with zero attached hydrogens (tertiary/aromatic N) is 4. The van der Waals surface area contributed by atoms with E-state index in [2.05, 4.69) is 19.9 Å². The third-order valence-electron chi connectivity index (χ3n) is 6.92. The van der Waals surface area contributed by atoms with E-state index in [0.717, 1.165) is 54.3 Å². The molecule has 36 heavy (non-hydrogen) atoms. The van der Waals surface area contributed by atoms with Crippen molar-refractivity contribution in [2.24, 2.45) is 11.8 Å². The zero-order valence-electron chi connectivity index (χ0n) is 20.6. The summed E-state index contributed by atoms with van der Waals surface area (Å²) in [7, 11) is 1.59. The summed E-state index contributed by atoms with van der Waals surface area (Å²) < 4.78 is 20.8. The van der Waals surface area contributed by atoms with E-state index in [1.807, 2.05) is 18.2 Å². The first kappa shape index (κ1) is 26.3. The minimum absolute atomic E-state index is 0.0304. The van der Waals surface area contributed by atoms with Crippen molar-refractivity contribution in [2.75, 3.05) is 32.5 Å². The van der Waals surface area contributed by atoms with E-state index in [9.17, 15) is 9.90 Å². The molecule has 1 aliphatic rings. The van der Waals surface area contributed by atoms with Gasteiger partial charge in [-0.2, -0.15) is 0 Å². The molecule has 1 aliphatic heterocycles. The number of ether oxygens (including phenoxy) is 1. The number of methoxy groups -OCH3 is 1. The van der Waals surface area contributed by atoms with Crippen molar-refractivity contribution in [1.82, 2.24) is 19.9 Å². The summed E-state index contributed by atoms with van der Waals surface area (Å²) >= 11 is 1.64. The Labute approximate surface area is 215 Å². The number of alkyl halides is 1. The second kappa shape index (κ2) is 13.0. The Balaban J connectivity index is 1.31. The Hall–Kier alpha value is -2.78. The molecule has 1 N–H and O–H groups in total. The monoisotopic (exact) mass is 512 g/mol. The number of halogens is 1. The van der Waals surface area contributed by atoms with Gasteiger partial charge in [0.1, 0.15) is 11.9 Å². The molecular weight excluding hydrogens is 479 g/mol. The summed E-state index contributed by atoms with van der Waals surface area (Å²) in [6, 6.07) is 9.04.